The lowest BCUT2D eigenvalue weighted by molar-refractivity contribution is -0.114. The van der Waals surface area contributed by atoms with E-state index >= 15 is 0 Å². The average molecular weight is 375 g/mol. The van der Waals surface area contributed by atoms with Crippen LogP contribution in [0.25, 0.3) is 0 Å². The average Bonchev–Trinajstić information content (AvgIpc) is 2.66. The van der Waals surface area contributed by atoms with E-state index in [1.165, 1.54) is 18.1 Å². The van der Waals surface area contributed by atoms with Crippen molar-refractivity contribution >= 4 is 34.7 Å². The summed E-state index contributed by atoms with van der Waals surface area (Å²) in [6.45, 7) is 5.54. The normalized spacial score (nSPS) is 10.2. The van der Waals surface area contributed by atoms with Crippen LogP contribution >= 0.6 is 0 Å². The molecule has 2 aromatic carbocycles. The molecule has 0 aliphatic rings. The Balaban J connectivity index is 1.63. The van der Waals surface area contributed by atoms with Crippen LogP contribution in [0.4, 0.5) is 22.9 Å². The van der Waals surface area contributed by atoms with E-state index in [9.17, 15) is 9.59 Å². The van der Waals surface area contributed by atoms with Gasteiger partial charge in [-0.2, -0.15) is 0 Å². The third kappa shape index (κ3) is 4.91. The molecule has 0 unspecified atom stereocenters. The molecule has 0 atom stereocenters. The van der Waals surface area contributed by atoms with Crippen molar-refractivity contribution in [3.63, 3.8) is 0 Å². The van der Waals surface area contributed by atoms with Crippen molar-refractivity contribution in [2.24, 2.45) is 0 Å². The zero-order valence-corrected chi connectivity index (χ0v) is 15.9. The zero-order chi connectivity index (χ0) is 20.1. The van der Waals surface area contributed by atoms with Gasteiger partial charge in [0.2, 0.25) is 5.91 Å². The van der Waals surface area contributed by atoms with Crippen molar-refractivity contribution in [3.05, 3.63) is 71.4 Å². The number of benzene rings is 2. The molecule has 0 bridgehead atoms. The molecule has 7 heteroatoms. The highest BCUT2D eigenvalue weighted by molar-refractivity contribution is 6.03. The number of hydrogen-bond donors (Lipinski definition) is 3. The van der Waals surface area contributed by atoms with Gasteiger partial charge >= 0.3 is 0 Å². The maximum Gasteiger partial charge on any atom is 0.276 e. The quantitative estimate of drug-likeness (QED) is 0.625. The first kappa shape index (κ1) is 19.0. The Hall–Kier alpha value is -3.74. The summed E-state index contributed by atoms with van der Waals surface area (Å²) < 4.78 is 0. The summed E-state index contributed by atoms with van der Waals surface area (Å²) in [5.74, 6) is 0.0403. The molecule has 0 saturated heterocycles. The summed E-state index contributed by atoms with van der Waals surface area (Å²) in [6.07, 6.45) is 0. The molecule has 7 nitrogen and oxygen atoms in total. The summed E-state index contributed by atoms with van der Waals surface area (Å²) in [5, 5.41) is 16.6. The number of carbonyl (C=O) groups excluding carboxylic acids is 2. The molecule has 3 rings (SSSR count). The van der Waals surface area contributed by atoms with Crippen LogP contribution in [0.5, 0.6) is 0 Å². The van der Waals surface area contributed by atoms with Crippen LogP contribution in [0, 0.1) is 13.8 Å². The first-order valence-electron chi connectivity index (χ1n) is 8.78. The highest BCUT2D eigenvalue weighted by atomic mass is 16.2. The molecule has 1 aromatic heterocycles. The fourth-order valence-electron chi connectivity index (χ4n) is 2.52. The SMILES string of the molecule is CC(=O)Nc1ccc(NC(=O)c2ccc(Nc3ccc(C)c(C)c3)nn2)cc1. The summed E-state index contributed by atoms with van der Waals surface area (Å²) in [5.41, 5.74) is 4.77. The number of rotatable bonds is 5. The van der Waals surface area contributed by atoms with Crippen LogP contribution in [0.15, 0.2) is 54.6 Å². The summed E-state index contributed by atoms with van der Waals surface area (Å²) in [7, 11) is 0. The van der Waals surface area contributed by atoms with Gasteiger partial charge in [-0.05, 0) is 73.5 Å². The second kappa shape index (κ2) is 8.30. The van der Waals surface area contributed by atoms with Crippen molar-refractivity contribution in [2.45, 2.75) is 20.8 Å². The number of amides is 2. The van der Waals surface area contributed by atoms with Crippen molar-refractivity contribution in [2.75, 3.05) is 16.0 Å². The Morgan fingerprint density at radius 3 is 1.96 bits per heavy atom. The molecular weight excluding hydrogens is 354 g/mol. The van der Waals surface area contributed by atoms with Crippen molar-refractivity contribution in [1.82, 2.24) is 10.2 Å². The maximum absolute atomic E-state index is 12.3. The van der Waals surface area contributed by atoms with Gasteiger partial charge in [-0.15, -0.1) is 10.2 Å². The van der Waals surface area contributed by atoms with Gasteiger partial charge in [0, 0.05) is 24.0 Å². The van der Waals surface area contributed by atoms with E-state index in [1.807, 2.05) is 25.1 Å². The van der Waals surface area contributed by atoms with Gasteiger partial charge in [-0.1, -0.05) is 6.07 Å². The van der Waals surface area contributed by atoms with Crippen LogP contribution in [0.2, 0.25) is 0 Å². The highest BCUT2D eigenvalue weighted by Gasteiger charge is 2.09. The molecule has 0 aliphatic heterocycles. The zero-order valence-electron chi connectivity index (χ0n) is 15.9. The largest absolute Gasteiger partial charge is 0.339 e. The van der Waals surface area contributed by atoms with Crippen molar-refractivity contribution < 1.29 is 9.59 Å². The fraction of sp³-hybridized carbons (Fsp3) is 0.143. The number of aryl methyl sites for hydroxylation is 2. The lowest BCUT2D eigenvalue weighted by atomic mass is 10.1. The van der Waals surface area contributed by atoms with Gasteiger partial charge in [-0.3, -0.25) is 9.59 Å². The molecule has 142 valence electrons. The van der Waals surface area contributed by atoms with Gasteiger partial charge in [0.05, 0.1) is 0 Å². The van der Waals surface area contributed by atoms with Crippen LogP contribution in [0.3, 0.4) is 0 Å². The molecule has 0 radical (unpaired) electrons. The first-order valence-corrected chi connectivity index (χ1v) is 8.78. The molecule has 0 spiro atoms. The molecule has 28 heavy (non-hydrogen) atoms. The van der Waals surface area contributed by atoms with E-state index in [0.29, 0.717) is 17.2 Å². The number of carbonyl (C=O) groups is 2. The molecule has 2 amide bonds. The van der Waals surface area contributed by atoms with Gasteiger partial charge in [-0.25, -0.2) is 0 Å². The minimum atomic E-state index is -0.363. The molecule has 3 N–H and O–H groups in total. The van der Waals surface area contributed by atoms with E-state index in [1.54, 1.807) is 36.4 Å². The van der Waals surface area contributed by atoms with Gasteiger partial charge in [0.1, 0.15) is 0 Å². The Morgan fingerprint density at radius 2 is 1.39 bits per heavy atom. The second-order valence-electron chi connectivity index (χ2n) is 6.44. The lowest BCUT2D eigenvalue weighted by Gasteiger charge is -2.09. The third-order valence-electron chi connectivity index (χ3n) is 4.14. The van der Waals surface area contributed by atoms with Gasteiger partial charge in [0.15, 0.2) is 11.5 Å². The molecule has 1 heterocycles. The van der Waals surface area contributed by atoms with Crippen LogP contribution in [-0.4, -0.2) is 22.0 Å². The van der Waals surface area contributed by atoms with E-state index in [-0.39, 0.29) is 17.5 Å². The summed E-state index contributed by atoms with van der Waals surface area (Å²) >= 11 is 0. The summed E-state index contributed by atoms with van der Waals surface area (Å²) in [6, 6.07) is 16.2. The van der Waals surface area contributed by atoms with Crippen molar-refractivity contribution in [1.29, 1.82) is 0 Å². The first-order chi connectivity index (χ1) is 13.4. The van der Waals surface area contributed by atoms with E-state index in [2.05, 4.69) is 33.1 Å². The highest BCUT2D eigenvalue weighted by Crippen LogP contribution is 2.18. The van der Waals surface area contributed by atoms with Gasteiger partial charge in [0.25, 0.3) is 5.91 Å². The topological polar surface area (TPSA) is 96.0 Å². The Bertz CT molecular complexity index is 998. The number of nitrogens with zero attached hydrogens (tertiary/aromatic N) is 2. The van der Waals surface area contributed by atoms with Crippen LogP contribution in [0.1, 0.15) is 28.5 Å². The molecule has 3 aromatic rings. The standard InChI is InChI=1S/C21H21N5O2/c1-13-4-5-18(12-14(13)2)23-20-11-10-19(25-26-20)21(28)24-17-8-6-16(7-9-17)22-15(3)27/h4-12H,1-3H3,(H,22,27)(H,23,26)(H,24,28). The van der Waals surface area contributed by atoms with Crippen LogP contribution < -0.4 is 16.0 Å². The minimum absolute atomic E-state index is 0.151. The molecule has 0 fully saturated rings. The second-order valence-corrected chi connectivity index (χ2v) is 6.44. The summed E-state index contributed by atoms with van der Waals surface area (Å²) in [4.78, 5) is 23.4. The predicted molar refractivity (Wildman–Crippen MR) is 110 cm³/mol. The van der Waals surface area contributed by atoms with E-state index < -0.39 is 0 Å². The number of hydrogen-bond acceptors (Lipinski definition) is 5. The number of nitrogens with one attached hydrogen (secondary N) is 3. The predicted octanol–water partition coefficient (Wildman–Crippen LogP) is 4.05. The number of aromatic nitrogens is 2. The fourth-order valence-corrected chi connectivity index (χ4v) is 2.52. The minimum Gasteiger partial charge on any atom is -0.339 e. The van der Waals surface area contributed by atoms with E-state index in [4.69, 9.17) is 0 Å². The Kier molecular flexibility index (Phi) is 5.64. The Labute approximate surface area is 163 Å². The van der Waals surface area contributed by atoms with Gasteiger partial charge < -0.3 is 16.0 Å². The smallest absolute Gasteiger partial charge is 0.276 e. The monoisotopic (exact) mass is 375 g/mol. The Morgan fingerprint density at radius 1 is 0.750 bits per heavy atom. The molecular formula is C21H21N5O2. The molecule has 0 aliphatic carbocycles. The van der Waals surface area contributed by atoms with Crippen molar-refractivity contribution in [3.8, 4) is 0 Å². The van der Waals surface area contributed by atoms with Crippen LogP contribution in [-0.2, 0) is 4.79 Å². The maximum atomic E-state index is 12.3. The molecule has 0 saturated carbocycles. The lowest BCUT2D eigenvalue weighted by Crippen LogP contribution is -2.14. The number of anilines is 4. The van der Waals surface area contributed by atoms with E-state index in [0.717, 1.165) is 5.69 Å². The third-order valence-corrected chi connectivity index (χ3v) is 4.14.